The molecule has 136 valence electrons. The monoisotopic (exact) mass is 355 g/mol. The number of aromatic nitrogens is 1. The first-order valence-corrected chi connectivity index (χ1v) is 8.48. The molecule has 6 heteroatoms. The van der Waals surface area contributed by atoms with E-state index in [0.29, 0.717) is 25.4 Å². The molecule has 1 aromatic heterocycles. The predicted octanol–water partition coefficient (Wildman–Crippen LogP) is 2.85. The molecule has 0 bridgehead atoms. The number of rotatable bonds is 7. The van der Waals surface area contributed by atoms with Crippen molar-refractivity contribution in [3.05, 3.63) is 65.6 Å². The Morgan fingerprint density at radius 3 is 2.88 bits per heavy atom. The van der Waals surface area contributed by atoms with Crippen LogP contribution in [0.2, 0.25) is 0 Å². The molecule has 3 aromatic rings. The van der Waals surface area contributed by atoms with E-state index in [-0.39, 0.29) is 18.1 Å². The fourth-order valence-corrected chi connectivity index (χ4v) is 2.82. The molecule has 2 aromatic carbocycles. The zero-order chi connectivity index (χ0) is 18.5. The van der Waals surface area contributed by atoms with Gasteiger partial charge >= 0.3 is 0 Å². The van der Waals surface area contributed by atoms with Gasteiger partial charge < -0.3 is 20.4 Å². The van der Waals surface area contributed by atoms with Crippen molar-refractivity contribution in [2.75, 3.05) is 20.2 Å². The lowest BCUT2D eigenvalue weighted by Gasteiger charge is -2.16. The summed E-state index contributed by atoms with van der Waals surface area (Å²) in [6, 6.07) is 13.9. The van der Waals surface area contributed by atoms with E-state index < -0.39 is 0 Å². The number of fused-ring (bicyclic) bond motifs is 1. The van der Waals surface area contributed by atoms with E-state index in [1.165, 1.54) is 12.1 Å². The summed E-state index contributed by atoms with van der Waals surface area (Å²) in [6.45, 7) is 1.32. The van der Waals surface area contributed by atoms with Crippen molar-refractivity contribution in [1.29, 1.82) is 0 Å². The molecule has 5 nitrogen and oxygen atoms in total. The van der Waals surface area contributed by atoms with Crippen molar-refractivity contribution in [2.24, 2.45) is 5.73 Å². The smallest absolute Gasteiger partial charge is 0.227 e. The van der Waals surface area contributed by atoms with E-state index >= 15 is 0 Å². The molecule has 1 heterocycles. The van der Waals surface area contributed by atoms with Gasteiger partial charge in [0.25, 0.3) is 0 Å². The Hall–Kier alpha value is -2.86. The van der Waals surface area contributed by atoms with Gasteiger partial charge in [0.05, 0.1) is 13.0 Å². The van der Waals surface area contributed by atoms with Gasteiger partial charge in [-0.3, -0.25) is 4.79 Å². The number of nitrogens with two attached hydrogens (primary N) is 1. The van der Waals surface area contributed by atoms with Crippen LogP contribution in [0.25, 0.3) is 10.9 Å². The molecule has 0 atom stereocenters. The third-order valence-electron chi connectivity index (χ3n) is 4.11. The van der Waals surface area contributed by atoms with Crippen LogP contribution in [0.3, 0.4) is 0 Å². The van der Waals surface area contributed by atoms with Crippen LogP contribution in [0.5, 0.6) is 5.75 Å². The van der Waals surface area contributed by atoms with Gasteiger partial charge in [-0.2, -0.15) is 0 Å². The van der Waals surface area contributed by atoms with Gasteiger partial charge in [-0.15, -0.1) is 0 Å². The lowest BCUT2D eigenvalue weighted by Crippen LogP contribution is -2.27. The van der Waals surface area contributed by atoms with E-state index in [4.69, 9.17) is 10.5 Å². The van der Waals surface area contributed by atoms with Crippen LogP contribution in [0.4, 0.5) is 4.39 Å². The summed E-state index contributed by atoms with van der Waals surface area (Å²) in [5.41, 5.74) is 8.04. The standard InChI is InChI=1S/C20H22FN3O2/c1-24(13-17-12-15-11-16(21)5-6-19(15)23-17)20(25)10-14-3-2-4-18(9-14)26-8-7-22/h2-6,9,11-12,23H,7-8,10,13,22H2,1H3. The molecule has 0 aliphatic heterocycles. The molecule has 0 aliphatic rings. The summed E-state index contributed by atoms with van der Waals surface area (Å²) in [5.74, 6) is 0.427. The van der Waals surface area contributed by atoms with Gasteiger partial charge in [0, 0.05) is 30.2 Å². The average molecular weight is 355 g/mol. The number of hydrogen-bond donors (Lipinski definition) is 2. The largest absolute Gasteiger partial charge is 0.492 e. The van der Waals surface area contributed by atoms with Crippen LogP contribution < -0.4 is 10.5 Å². The van der Waals surface area contributed by atoms with Gasteiger partial charge in [0.1, 0.15) is 18.2 Å². The first-order chi connectivity index (χ1) is 12.5. The molecule has 0 fully saturated rings. The number of carbonyl (C=O) groups excluding carboxylic acids is 1. The highest BCUT2D eigenvalue weighted by Crippen LogP contribution is 2.18. The van der Waals surface area contributed by atoms with Crippen LogP contribution in [0.1, 0.15) is 11.3 Å². The Morgan fingerprint density at radius 1 is 1.23 bits per heavy atom. The second-order valence-electron chi connectivity index (χ2n) is 6.24. The molecule has 3 rings (SSSR count). The minimum Gasteiger partial charge on any atom is -0.492 e. The molecule has 0 saturated carbocycles. The Morgan fingerprint density at radius 2 is 2.08 bits per heavy atom. The summed E-state index contributed by atoms with van der Waals surface area (Å²) in [4.78, 5) is 17.4. The van der Waals surface area contributed by atoms with E-state index in [9.17, 15) is 9.18 Å². The quantitative estimate of drug-likeness (QED) is 0.685. The van der Waals surface area contributed by atoms with Crippen LogP contribution in [0, 0.1) is 5.82 Å². The predicted molar refractivity (Wildman–Crippen MR) is 99.4 cm³/mol. The number of benzene rings is 2. The summed E-state index contributed by atoms with van der Waals surface area (Å²) in [6.07, 6.45) is 0.283. The Balaban J connectivity index is 1.63. The first kappa shape index (κ1) is 17.9. The molecule has 0 unspecified atom stereocenters. The molecule has 1 amide bonds. The zero-order valence-corrected chi connectivity index (χ0v) is 14.7. The Bertz CT molecular complexity index is 907. The van der Waals surface area contributed by atoms with Crippen molar-refractivity contribution in [3.63, 3.8) is 0 Å². The minimum absolute atomic E-state index is 0.00851. The topological polar surface area (TPSA) is 71.3 Å². The second kappa shape index (κ2) is 8.01. The summed E-state index contributed by atoms with van der Waals surface area (Å²) < 4.78 is 18.8. The number of nitrogens with zero attached hydrogens (tertiary/aromatic N) is 1. The number of hydrogen-bond acceptors (Lipinski definition) is 3. The lowest BCUT2D eigenvalue weighted by atomic mass is 10.1. The minimum atomic E-state index is -0.274. The average Bonchev–Trinajstić information content (AvgIpc) is 3.01. The molecule has 0 saturated heterocycles. The van der Waals surface area contributed by atoms with Crippen molar-refractivity contribution < 1.29 is 13.9 Å². The SMILES string of the molecule is CN(Cc1cc2cc(F)ccc2[nH]1)C(=O)Cc1cccc(OCCN)c1. The number of H-pyrrole nitrogens is 1. The molecule has 26 heavy (non-hydrogen) atoms. The number of amides is 1. The van der Waals surface area contributed by atoms with Crippen LogP contribution in [0.15, 0.2) is 48.5 Å². The van der Waals surface area contributed by atoms with Crippen molar-refractivity contribution in [1.82, 2.24) is 9.88 Å². The van der Waals surface area contributed by atoms with Crippen LogP contribution >= 0.6 is 0 Å². The van der Waals surface area contributed by atoms with Crippen molar-refractivity contribution >= 4 is 16.8 Å². The number of ether oxygens (including phenoxy) is 1. The van der Waals surface area contributed by atoms with Crippen LogP contribution in [-0.4, -0.2) is 36.0 Å². The van der Waals surface area contributed by atoms with Crippen molar-refractivity contribution in [3.8, 4) is 5.75 Å². The number of halogens is 1. The third-order valence-corrected chi connectivity index (χ3v) is 4.11. The van der Waals surface area contributed by atoms with E-state index in [2.05, 4.69) is 4.98 Å². The molecule has 0 spiro atoms. The normalized spacial score (nSPS) is 10.9. The molecule has 0 aliphatic carbocycles. The highest BCUT2D eigenvalue weighted by atomic mass is 19.1. The fraction of sp³-hybridized carbons (Fsp3) is 0.250. The second-order valence-corrected chi connectivity index (χ2v) is 6.24. The van der Waals surface area contributed by atoms with Gasteiger partial charge in [0.2, 0.25) is 5.91 Å². The summed E-state index contributed by atoms with van der Waals surface area (Å²) in [5, 5.41) is 0.797. The number of carbonyl (C=O) groups is 1. The molecular formula is C20H22FN3O2. The first-order valence-electron chi connectivity index (χ1n) is 8.48. The maximum atomic E-state index is 13.3. The fourth-order valence-electron chi connectivity index (χ4n) is 2.82. The van der Waals surface area contributed by atoms with Gasteiger partial charge in [-0.1, -0.05) is 12.1 Å². The molecule has 0 radical (unpaired) electrons. The highest BCUT2D eigenvalue weighted by molar-refractivity contribution is 5.81. The van der Waals surface area contributed by atoms with E-state index in [1.54, 1.807) is 18.0 Å². The maximum absolute atomic E-state index is 13.3. The van der Waals surface area contributed by atoms with E-state index in [0.717, 1.165) is 22.2 Å². The lowest BCUT2D eigenvalue weighted by molar-refractivity contribution is -0.129. The molecule has 3 N–H and O–H groups in total. The Labute approximate surface area is 151 Å². The third kappa shape index (κ3) is 4.40. The number of likely N-dealkylation sites (N-methyl/N-ethyl adjacent to an activating group) is 1. The zero-order valence-electron chi connectivity index (χ0n) is 14.7. The highest BCUT2D eigenvalue weighted by Gasteiger charge is 2.12. The Kier molecular flexibility index (Phi) is 5.53. The van der Waals surface area contributed by atoms with Gasteiger partial charge in [-0.25, -0.2) is 4.39 Å². The maximum Gasteiger partial charge on any atom is 0.227 e. The van der Waals surface area contributed by atoms with E-state index in [1.807, 2.05) is 30.3 Å². The number of aromatic amines is 1. The van der Waals surface area contributed by atoms with Gasteiger partial charge in [0.15, 0.2) is 0 Å². The summed E-state index contributed by atoms with van der Waals surface area (Å²) in [7, 11) is 1.75. The molecular weight excluding hydrogens is 333 g/mol. The van der Waals surface area contributed by atoms with Gasteiger partial charge in [-0.05, 0) is 42.0 Å². The van der Waals surface area contributed by atoms with Crippen molar-refractivity contribution in [2.45, 2.75) is 13.0 Å². The number of nitrogens with one attached hydrogen (secondary N) is 1. The summed E-state index contributed by atoms with van der Waals surface area (Å²) >= 11 is 0. The van der Waals surface area contributed by atoms with Crippen LogP contribution in [-0.2, 0) is 17.8 Å².